The largest absolute Gasteiger partial charge is 0.369 e. The van der Waals surface area contributed by atoms with Gasteiger partial charge in [0.05, 0.1) is 5.41 Å². The van der Waals surface area contributed by atoms with Gasteiger partial charge in [0.1, 0.15) is 0 Å². The Kier molecular flexibility index (Phi) is 11.5. The van der Waals surface area contributed by atoms with Crippen molar-refractivity contribution in [3.8, 4) is 0 Å². The van der Waals surface area contributed by atoms with Crippen molar-refractivity contribution >= 4 is 5.91 Å². The number of carbonyl (C=O) groups is 1. The molecule has 0 spiro atoms. The molecule has 0 radical (unpaired) electrons. The van der Waals surface area contributed by atoms with Crippen molar-refractivity contribution in [2.24, 2.45) is 11.1 Å². The summed E-state index contributed by atoms with van der Waals surface area (Å²) in [4.78, 5) is 11.8. The van der Waals surface area contributed by atoms with Gasteiger partial charge in [-0.3, -0.25) is 4.79 Å². The van der Waals surface area contributed by atoms with Gasteiger partial charge in [0.2, 0.25) is 5.91 Å². The van der Waals surface area contributed by atoms with Crippen molar-refractivity contribution < 1.29 is 4.79 Å². The van der Waals surface area contributed by atoms with Crippen LogP contribution in [0.3, 0.4) is 0 Å². The SMILES string of the molecule is C=CC(CCCCCC)(CCCCCCCC)C(N)=O. The summed E-state index contributed by atoms with van der Waals surface area (Å²) in [5, 5.41) is 0. The zero-order chi connectivity index (χ0) is 15.3. The molecular formula is C18H35NO. The Morgan fingerprint density at radius 2 is 1.30 bits per heavy atom. The van der Waals surface area contributed by atoms with Gasteiger partial charge < -0.3 is 5.73 Å². The standard InChI is InChI=1S/C18H35NO/c1-4-7-9-11-12-14-16-18(6-3,17(19)20)15-13-10-8-5-2/h6H,3-5,7-16H2,1-2H3,(H2,19,20). The van der Waals surface area contributed by atoms with E-state index >= 15 is 0 Å². The Morgan fingerprint density at radius 1 is 0.900 bits per heavy atom. The highest BCUT2D eigenvalue weighted by Crippen LogP contribution is 2.33. The van der Waals surface area contributed by atoms with Crippen LogP contribution in [0.15, 0.2) is 12.7 Å². The van der Waals surface area contributed by atoms with Crippen LogP contribution >= 0.6 is 0 Å². The molecule has 2 heteroatoms. The number of rotatable bonds is 14. The van der Waals surface area contributed by atoms with Crippen LogP contribution in [0.25, 0.3) is 0 Å². The summed E-state index contributed by atoms with van der Waals surface area (Å²) in [6.45, 7) is 8.31. The van der Waals surface area contributed by atoms with Gasteiger partial charge in [-0.05, 0) is 12.8 Å². The van der Waals surface area contributed by atoms with Crippen LogP contribution in [-0.4, -0.2) is 5.91 Å². The zero-order valence-corrected chi connectivity index (χ0v) is 13.8. The van der Waals surface area contributed by atoms with Gasteiger partial charge in [0.25, 0.3) is 0 Å². The third-order valence-corrected chi connectivity index (χ3v) is 4.33. The molecular weight excluding hydrogens is 246 g/mol. The summed E-state index contributed by atoms with van der Waals surface area (Å²) in [5.41, 5.74) is 5.19. The molecule has 0 aliphatic heterocycles. The molecule has 0 saturated heterocycles. The molecule has 2 nitrogen and oxygen atoms in total. The highest BCUT2D eigenvalue weighted by Gasteiger charge is 2.31. The number of primary amides is 1. The van der Waals surface area contributed by atoms with E-state index in [1.807, 2.05) is 6.08 Å². The Bertz CT molecular complexity index is 262. The van der Waals surface area contributed by atoms with Crippen molar-refractivity contribution in [1.29, 1.82) is 0 Å². The summed E-state index contributed by atoms with van der Waals surface area (Å²) in [6, 6.07) is 0. The Morgan fingerprint density at radius 3 is 1.70 bits per heavy atom. The molecule has 0 aromatic heterocycles. The van der Waals surface area contributed by atoms with Crippen LogP contribution in [0.4, 0.5) is 0 Å². The van der Waals surface area contributed by atoms with Crippen molar-refractivity contribution in [3.63, 3.8) is 0 Å². The molecule has 0 aliphatic carbocycles. The lowest BCUT2D eigenvalue weighted by Gasteiger charge is -2.27. The summed E-state index contributed by atoms with van der Waals surface area (Å²) in [6.07, 6.45) is 15.8. The minimum Gasteiger partial charge on any atom is -0.369 e. The molecule has 0 saturated carbocycles. The van der Waals surface area contributed by atoms with E-state index in [9.17, 15) is 4.79 Å². The van der Waals surface area contributed by atoms with Crippen molar-refractivity contribution in [3.05, 3.63) is 12.7 Å². The van der Waals surface area contributed by atoms with Crippen LogP contribution in [0.2, 0.25) is 0 Å². The zero-order valence-electron chi connectivity index (χ0n) is 13.8. The number of nitrogens with two attached hydrogens (primary N) is 1. The molecule has 118 valence electrons. The van der Waals surface area contributed by atoms with E-state index in [0.717, 1.165) is 25.7 Å². The van der Waals surface area contributed by atoms with Crippen molar-refractivity contribution in [2.45, 2.75) is 90.9 Å². The summed E-state index contributed by atoms with van der Waals surface area (Å²) >= 11 is 0. The average Bonchev–Trinajstić information content (AvgIpc) is 2.44. The lowest BCUT2D eigenvalue weighted by atomic mass is 9.77. The summed E-state index contributed by atoms with van der Waals surface area (Å²) < 4.78 is 0. The van der Waals surface area contributed by atoms with Crippen LogP contribution in [0.5, 0.6) is 0 Å². The van der Waals surface area contributed by atoms with E-state index in [1.165, 1.54) is 51.4 Å². The molecule has 0 aromatic rings. The molecule has 1 unspecified atom stereocenters. The molecule has 0 rings (SSSR count). The van der Waals surface area contributed by atoms with E-state index in [-0.39, 0.29) is 5.91 Å². The molecule has 0 bridgehead atoms. The third kappa shape index (κ3) is 7.72. The fraction of sp³-hybridized carbons (Fsp3) is 0.833. The lowest BCUT2D eigenvalue weighted by Crippen LogP contribution is -2.35. The fourth-order valence-electron chi connectivity index (χ4n) is 2.76. The van der Waals surface area contributed by atoms with Crippen LogP contribution in [-0.2, 0) is 4.79 Å². The number of carbonyl (C=O) groups excluding carboxylic acids is 1. The quantitative estimate of drug-likeness (QED) is 0.338. The van der Waals surface area contributed by atoms with Crippen LogP contribution < -0.4 is 5.73 Å². The number of amides is 1. The Hall–Kier alpha value is -0.790. The van der Waals surface area contributed by atoms with E-state index in [2.05, 4.69) is 20.4 Å². The summed E-state index contributed by atoms with van der Waals surface area (Å²) in [7, 11) is 0. The van der Waals surface area contributed by atoms with Gasteiger partial charge >= 0.3 is 0 Å². The fourth-order valence-corrected chi connectivity index (χ4v) is 2.76. The second-order valence-corrected chi connectivity index (χ2v) is 6.05. The molecule has 0 heterocycles. The first kappa shape index (κ1) is 19.2. The minimum absolute atomic E-state index is 0.183. The maximum Gasteiger partial charge on any atom is 0.227 e. The molecule has 1 amide bonds. The second-order valence-electron chi connectivity index (χ2n) is 6.05. The monoisotopic (exact) mass is 281 g/mol. The van der Waals surface area contributed by atoms with Crippen molar-refractivity contribution in [1.82, 2.24) is 0 Å². The number of hydrogen-bond donors (Lipinski definition) is 1. The highest BCUT2D eigenvalue weighted by atomic mass is 16.1. The van der Waals surface area contributed by atoms with Crippen LogP contribution in [0.1, 0.15) is 90.9 Å². The lowest BCUT2D eigenvalue weighted by molar-refractivity contribution is -0.126. The maximum atomic E-state index is 11.8. The molecule has 0 aliphatic rings. The normalized spacial score (nSPS) is 13.9. The first-order valence-electron chi connectivity index (χ1n) is 8.56. The molecule has 2 N–H and O–H groups in total. The average molecular weight is 281 g/mol. The topological polar surface area (TPSA) is 43.1 Å². The second kappa shape index (κ2) is 12.0. The van der Waals surface area contributed by atoms with Gasteiger partial charge in [-0.2, -0.15) is 0 Å². The van der Waals surface area contributed by atoms with Gasteiger partial charge in [-0.25, -0.2) is 0 Å². The molecule has 20 heavy (non-hydrogen) atoms. The first-order valence-corrected chi connectivity index (χ1v) is 8.56. The third-order valence-electron chi connectivity index (χ3n) is 4.33. The highest BCUT2D eigenvalue weighted by molar-refractivity contribution is 5.82. The van der Waals surface area contributed by atoms with Crippen molar-refractivity contribution in [2.75, 3.05) is 0 Å². The molecule has 0 fully saturated rings. The molecule has 1 atom stereocenters. The first-order chi connectivity index (χ1) is 9.63. The Labute approximate surface area is 126 Å². The van der Waals surface area contributed by atoms with Crippen LogP contribution in [0, 0.1) is 5.41 Å². The van der Waals surface area contributed by atoms with Gasteiger partial charge in [-0.1, -0.05) is 84.1 Å². The number of unbranched alkanes of at least 4 members (excludes halogenated alkanes) is 8. The minimum atomic E-state index is -0.460. The van der Waals surface area contributed by atoms with Gasteiger partial charge in [0.15, 0.2) is 0 Å². The van der Waals surface area contributed by atoms with E-state index in [4.69, 9.17) is 5.73 Å². The smallest absolute Gasteiger partial charge is 0.227 e. The van der Waals surface area contributed by atoms with E-state index in [1.54, 1.807) is 0 Å². The van der Waals surface area contributed by atoms with E-state index in [0.29, 0.717) is 0 Å². The predicted molar refractivity (Wildman–Crippen MR) is 88.6 cm³/mol. The molecule has 0 aromatic carbocycles. The number of hydrogen-bond acceptors (Lipinski definition) is 1. The predicted octanol–water partition coefficient (Wildman–Crippen LogP) is 5.37. The maximum absolute atomic E-state index is 11.8. The summed E-state index contributed by atoms with van der Waals surface area (Å²) in [5.74, 6) is -0.183. The Balaban J connectivity index is 4.12. The van der Waals surface area contributed by atoms with E-state index < -0.39 is 5.41 Å². The van der Waals surface area contributed by atoms with Gasteiger partial charge in [-0.15, -0.1) is 6.58 Å². The van der Waals surface area contributed by atoms with Gasteiger partial charge in [0, 0.05) is 0 Å².